The van der Waals surface area contributed by atoms with E-state index in [1.807, 2.05) is 4.90 Å². The molecule has 7 heteroatoms. The highest BCUT2D eigenvalue weighted by molar-refractivity contribution is 5.90. The van der Waals surface area contributed by atoms with Crippen LogP contribution in [0.1, 0.15) is 60.4 Å². The lowest BCUT2D eigenvalue weighted by atomic mass is 10.1. The number of amides is 1. The predicted octanol–water partition coefficient (Wildman–Crippen LogP) is 1.97. The van der Waals surface area contributed by atoms with Gasteiger partial charge >= 0.3 is 0 Å². The summed E-state index contributed by atoms with van der Waals surface area (Å²) in [6, 6.07) is 1.92. The van der Waals surface area contributed by atoms with E-state index in [1.54, 1.807) is 18.5 Å². The van der Waals surface area contributed by atoms with Crippen molar-refractivity contribution in [1.29, 1.82) is 0 Å². The molecule has 1 aliphatic carbocycles. The Morgan fingerprint density at radius 2 is 2.09 bits per heavy atom. The van der Waals surface area contributed by atoms with Gasteiger partial charge in [0.1, 0.15) is 0 Å². The first-order valence-corrected chi connectivity index (χ1v) is 8.22. The molecule has 4 rings (SSSR count). The van der Waals surface area contributed by atoms with Gasteiger partial charge in [-0.1, -0.05) is 5.16 Å². The van der Waals surface area contributed by atoms with Gasteiger partial charge in [0, 0.05) is 37.3 Å². The molecule has 1 saturated carbocycles. The molecule has 1 saturated heterocycles. The summed E-state index contributed by atoms with van der Waals surface area (Å²) >= 11 is 0. The second-order valence-electron chi connectivity index (χ2n) is 6.23. The average Bonchev–Trinajstić information content (AvgIpc) is 3.15. The Hall–Kier alpha value is -2.31. The Balaban J connectivity index is 1.38. The summed E-state index contributed by atoms with van der Waals surface area (Å²) in [6.45, 7) is 0.765. The fraction of sp³-hybridized carbons (Fsp3) is 0.562. The number of carbonyl (C=O) groups is 1. The van der Waals surface area contributed by atoms with Gasteiger partial charge in [0.2, 0.25) is 11.7 Å². The van der Waals surface area contributed by atoms with Crippen molar-refractivity contribution in [3.63, 3.8) is 0 Å². The van der Waals surface area contributed by atoms with Crippen molar-refractivity contribution >= 4 is 5.91 Å². The topological polar surface area (TPSA) is 85.0 Å². The molecular formula is C16H19N5O2. The third-order valence-electron chi connectivity index (χ3n) is 4.51. The van der Waals surface area contributed by atoms with Crippen molar-refractivity contribution in [2.24, 2.45) is 0 Å². The Bertz CT molecular complexity index is 683. The number of hydrogen-bond donors (Lipinski definition) is 0. The molecule has 23 heavy (non-hydrogen) atoms. The fourth-order valence-electron chi connectivity index (χ4n) is 3.10. The third-order valence-corrected chi connectivity index (χ3v) is 4.51. The van der Waals surface area contributed by atoms with E-state index in [9.17, 15) is 4.79 Å². The zero-order valence-electron chi connectivity index (χ0n) is 12.9. The SMILES string of the molecule is O=C(c1ncccn1)N1CCCC1CCc1noc(C2CC2)n1. The highest BCUT2D eigenvalue weighted by Crippen LogP contribution is 2.38. The summed E-state index contributed by atoms with van der Waals surface area (Å²) in [5.41, 5.74) is 0. The molecule has 0 aromatic carbocycles. The zero-order chi connectivity index (χ0) is 15.6. The van der Waals surface area contributed by atoms with Crippen LogP contribution in [-0.2, 0) is 6.42 Å². The van der Waals surface area contributed by atoms with Gasteiger partial charge in [-0.15, -0.1) is 0 Å². The summed E-state index contributed by atoms with van der Waals surface area (Å²) in [6.07, 6.45) is 9.12. The van der Waals surface area contributed by atoms with Gasteiger partial charge in [0.15, 0.2) is 5.82 Å². The van der Waals surface area contributed by atoms with Crippen LogP contribution in [0.25, 0.3) is 0 Å². The molecule has 0 radical (unpaired) electrons. The molecule has 3 heterocycles. The van der Waals surface area contributed by atoms with Crippen LogP contribution in [0.4, 0.5) is 0 Å². The van der Waals surface area contributed by atoms with Crippen LogP contribution in [0.5, 0.6) is 0 Å². The van der Waals surface area contributed by atoms with Crippen LogP contribution in [0.2, 0.25) is 0 Å². The molecule has 0 bridgehead atoms. The Kier molecular flexibility index (Phi) is 3.77. The molecule has 1 atom stereocenters. The maximum Gasteiger partial charge on any atom is 0.291 e. The van der Waals surface area contributed by atoms with Crippen molar-refractivity contribution < 1.29 is 9.32 Å². The fourth-order valence-corrected chi connectivity index (χ4v) is 3.10. The number of likely N-dealkylation sites (tertiary alicyclic amines) is 1. The number of nitrogens with zero attached hydrogens (tertiary/aromatic N) is 5. The number of aromatic nitrogens is 4. The molecule has 2 aliphatic rings. The number of carbonyl (C=O) groups excluding carboxylic acids is 1. The highest BCUT2D eigenvalue weighted by Gasteiger charge is 2.32. The van der Waals surface area contributed by atoms with Gasteiger partial charge < -0.3 is 9.42 Å². The monoisotopic (exact) mass is 313 g/mol. The van der Waals surface area contributed by atoms with E-state index in [-0.39, 0.29) is 17.8 Å². The molecule has 2 aromatic heterocycles. The van der Waals surface area contributed by atoms with Crippen molar-refractivity contribution in [1.82, 2.24) is 25.0 Å². The maximum atomic E-state index is 12.5. The lowest BCUT2D eigenvalue weighted by Crippen LogP contribution is -2.36. The van der Waals surface area contributed by atoms with E-state index in [2.05, 4.69) is 20.1 Å². The minimum absolute atomic E-state index is 0.0834. The first-order valence-electron chi connectivity index (χ1n) is 8.22. The Morgan fingerprint density at radius 3 is 2.87 bits per heavy atom. The molecule has 1 amide bonds. The summed E-state index contributed by atoms with van der Waals surface area (Å²) in [5.74, 6) is 2.20. The Morgan fingerprint density at radius 1 is 1.26 bits per heavy atom. The standard InChI is InChI=1S/C16H19N5O2/c22-16(14-17-8-2-9-18-14)21-10-1-3-12(21)6-7-13-19-15(23-20-13)11-4-5-11/h2,8-9,11-12H,1,3-7,10H2. The molecule has 7 nitrogen and oxygen atoms in total. The lowest BCUT2D eigenvalue weighted by Gasteiger charge is -2.23. The first kappa shape index (κ1) is 14.3. The molecule has 0 spiro atoms. The van der Waals surface area contributed by atoms with Crippen LogP contribution < -0.4 is 0 Å². The van der Waals surface area contributed by atoms with E-state index in [4.69, 9.17) is 4.52 Å². The summed E-state index contributed by atoms with van der Waals surface area (Å²) in [5, 5.41) is 4.05. The van der Waals surface area contributed by atoms with E-state index in [0.717, 1.165) is 56.8 Å². The molecule has 1 aliphatic heterocycles. The van der Waals surface area contributed by atoms with Crippen LogP contribution in [0.3, 0.4) is 0 Å². The maximum absolute atomic E-state index is 12.5. The Labute approximate surface area is 134 Å². The minimum Gasteiger partial charge on any atom is -0.339 e. The van der Waals surface area contributed by atoms with Gasteiger partial charge in [-0.2, -0.15) is 4.98 Å². The predicted molar refractivity (Wildman–Crippen MR) is 80.7 cm³/mol. The van der Waals surface area contributed by atoms with E-state index in [0.29, 0.717) is 5.92 Å². The quantitative estimate of drug-likeness (QED) is 0.839. The minimum atomic E-state index is -0.0834. The van der Waals surface area contributed by atoms with Crippen LogP contribution in [0, 0.1) is 0 Å². The number of aryl methyl sites for hydroxylation is 1. The molecule has 120 valence electrons. The van der Waals surface area contributed by atoms with Crippen molar-refractivity contribution in [3.8, 4) is 0 Å². The summed E-state index contributed by atoms with van der Waals surface area (Å²) in [7, 11) is 0. The second kappa shape index (κ2) is 6.06. The van der Waals surface area contributed by atoms with E-state index < -0.39 is 0 Å². The summed E-state index contributed by atoms with van der Waals surface area (Å²) in [4.78, 5) is 27.0. The highest BCUT2D eigenvalue weighted by atomic mass is 16.5. The average molecular weight is 313 g/mol. The number of rotatable bonds is 5. The zero-order valence-corrected chi connectivity index (χ0v) is 12.9. The second-order valence-corrected chi connectivity index (χ2v) is 6.23. The van der Waals surface area contributed by atoms with E-state index >= 15 is 0 Å². The van der Waals surface area contributed by atoms with Gasteiger partial charge in [-0.3, -0.25) is 4.79 Å². The smallest absolute Gasteiger partial charge is 0.291 e. The van der Waals surface area contributed by atoms with Crippen molar-refractivity contribution in [2.45, 2.75) is 50.5 Å². The van der Waals surface area contributed by atoms with Gasteiger partial charge in [0.05, 0.1) is 0 Å². The van der Waals surface area contributed by atoms with Gasteiger partial charge in [-0.25, -0.2) is 9.97 Å². The van der Waals surface area contributed by atoms with Gasteiger partial charge in [-0.05, 0) is 38.2 Å². The van der Waals surface area contributed by atoms with Gasteiger partial charge in [0.25, 0.3) is 5.91 Å². The molecule has 2 aromatic rings. The lowest BCUT2D eigenvalue weighted by molar-refractivity contribution is 0.0717. The third kappa shape index (κ3) is 3.09. The normalized spacial score (nSPS) is 20.9. The summed E-state index contributed by atoms with van der Waals surface area (Å²) < 4.78 is 5.29. The van der Waals surface area contributed by atoms with Crippen molar-refractivity contribution in [2.75, 3.05) is 6.54 Å². The molecule has 2 fully saturated rings. The first-order chi connectivity index (χ1) is 11.3. The van der Waals surface area contributed by atoms with Crippen LogP contribution in [-0.4, -0.2) is 43.5 Å². The molecule has 0 N–H and O–H groups in total. The largest absolute Gasteiger partial charge is 0.339 e. The molecule has 1 unspecified atom stereocenters. The van der Waals surface area contributed by atoms with Crippen LogP contribution in [0.15, 0.2) is 23.0 Å². The number of hydrogen-bond acceptors (Lipinski definition) is 6. The van der Waals surface area contributed by atoms with E-state index in [1.165, 1.54) is 0 Å². The van der Waals surface area contributed by atoms with Crippen LogP contribution >= 0.6 is 0 Å². The van der Waals surface area contributed by atoms with Crippen molar-refractivity contribution in [3.05, 3.63) is 36.0 Å². The molecular weight excluding hydrogens is 294 g/mol.